The van der Waals surface area contributed by atoms with Crippen molar-refractivity contribution in [1.82, 2.24) is 20.1 Å². The Morgan fingerprint density at radius 2 is 1.80 bits per heavy atom. The molecule has 0 saturated carbocycles. The Hall–Kier alpha value is -3.21. The molecule has 5 heteroatoms. The van der Waals surface area contributed by atoms with Crippen LogP contribution >= 0.6 is 0 Å². The van der Waals surface area contributed by atoms with Crippen LogP contribution in [-0.4, -0.2) is 20.7 Å². The van der Waals surface area contributed by atoms with Crippen molar-refractivity contribution in [2.75, 3.05) is 0 Å². The molecule has 0 saturated heterocycles. The van der Waals surface area contributed by atoms with Gasteiger partial charge >= 0.3 is 0 Å². The van der Waals surface area contributed by atoms with Crippen LogP contribution in [0.1, 0.15) is 22.3 Å². The SMILES string of the molecule is Cc1ccc(/C=C/C(=O)NCc2ccc(Cn3cncn3)cc2)cc1. The molecule has 3 rings (SSSR count). The molecule has 0 unspecified atom stereocenters. The van der Waals surface area contributed by atoms with Crippen LogP contribution in [-0.2, 0) is 17.9 Å². The summed E-state index contributed by atoms with van der Waals surface area (Å²) in [6.07, 6.45) is 6.59. The smallest absolute Gasteiger partial charge is 0.244 e. The van der Waals surface area contributed by atoms with E-state index in [9.17, 15) is 4.79 Å². The average molecular weight is 332 g/mol. The Morgan fingerprint density at radius 1 is 1.08 bits per heavy atom. The summed E-state index contributed by atoms with van der Waals surface area (Å²) in [6.45, 7) is 3.23. The minimum atomic E-state index is -0.104. The number of nitrogens with one attached hydrogen (secondary N) is 1. The molecule has 0 fully saturated rings. The molecule has 0 aliphatic heterocycles. The van der Waals surface area contributed by atoms with E-state index in [1.54, 1.807) is 17.1 Å². The van der Waals surface area contributed by atoms with Crippen molar-refractivity contribution in [2.45, 2.75) is 20.0 Å². The van der Waals surface area contributed by atoms with Gasteiger partial charge in [-0.3, -0.25) is 4.79 Å². The topological polar surface area (TPSA) is 59.8 Å². The minimum Gasteiger partial charge on any atom is -0.348 e. The van der Waals surface area contributed by atoms with Crippen LogP contribution in [0.25, 0.3) is 6.08 Å². The molecule has 3 aromatic rings. The van der Waals surface area contributed by atoms with Crippen LogP contribution in [0.4, 0.5) is 0 Å². The first kappa shape index (κ1) is 16.6. The Kier molecular flexibility index (Phi) is 5.36. The molecular formula is C20H20N4O. The van der Waals surface area contributed by atoms with Crippen molar-refractivity contribution in [3.05, 3.63) is 89.5 Å². The Balaban J connectivity index is 1.49. The molecule has 0 atom stereocenters. The molecular weight excluding hydrogens is 312 g/mol. The molecule has 25 heavy (non-hydrogen) atoms. The summed E-state index contributed by atoms with van der Waals surface area (Å²) in [5, 5.41) is 6.98. The first-order chi connectivity index (χ1) is 12.2. The lowest BCUT2D eigenvalue weighted by Crippen LogP contribution is -2.20. The van der Waals surface area contributed by atoms with Gasteiger partial charge in [0.15, 0.2) is 0 Å². The van der Waals surface area contributed by atoms with Gasteiger partial charge in [0.1, 0.15) is 12.7 Å². The molecule has 1 heterocycles. The molecule has 5 nitrogen and oxygen atoms in total. The van der Waals surface area contributed by atoms with E-state index in [2.05, 4.69) is 15.4 Å². The molecule has 0 bridgehead atoms. The van der Waals surface area contributed by atoms with Gasteiger partial charge < -0.3 is 5.32 Å². The van der Waals surface area contributed by atoms with Crippen molar-refractivity contribution in [3.63, 3.8) is 0 Å². The zero-order valence-electron chi connectivity index (χ0n) is 14.1. The maximum Gasteiger partial charge on any atom is 0.244 e. The van der Waals surface area contributed by atoms with Crippen molar-refractivity contribution in [2.24, 2.45) is 0 Å². The zero-order chi connectivity index (χ0) is 17.5. The minimum absolute atomic E-state index is 0.104. The third-order valence-electron chi connectivity index (χ3n) is 3.81. The number of hydrogen-bond donors (Lipinski definition) is 1. The monoisotopic (exact) mass is 332 g/mol. The van der Waals surface area contributed by atoms with Crippen LogP contribution in [0.15, 0.2) is 67.3 Å². The maximum absolute atomic E-state index is 11.9. The van der Waals surface area contributed by atoms with E-state index in [0.29, 0.717) is 13.1 Å². The first-order valence-electron chi connectivity index (χ1n) is 8.12. The standard InChI is InChI=1S/C20H20N4O/c1-16-2-4-17(5-3-16)10-11-20(25)22-12-18-6-8-19(9-7-18)13-24-15-21-14-23-24/h2-11,14-15H,12-13H2,1H3,(H,22,25)/b11-10+. The number of benzene rings is 2. The third-order valence-corrected chi connectivity index (χ3v) is 3.81. The maximum atomic E-state index is 11.9. The van der Waals surface area contributed by atoms with Gasteiger partial charge in [-0.25, -0.2) is 9.67 Å². The Bertz CT molecular complexity index is 834. The molecule has 0 spiro atoms. The second-order valence-corrected chi connectivity index (χ2v) is 5.87. The second kappa shape index (κ2) is 8.06. The van der Waals surface area contributed by atoms with Crippen LogP contribution in [0.5, 0.6) is 0 Å². The van der Waals surface area contributed by atoms with Gasteiger partial charge in [0.2, 0.25) is 5.91 Å². The van der Waals surface area contributed by atoms with Gasteiger partial charge in [-0.1, -0.05) is 54.1 Å². The van der Waals surface area contributed by atoms with E-state index < -0.39 is 0 Å². The normalized spacial score (nSPS) is 10.9. The molecule has 1 aromatic heterocycles. The molecule has 2 aromatic carbocycles. The number of nitrogens with zero attached hydrogens (tertiary/aromatic N) is 3. The molecule has 0 aliphatic rings. The number of rotatable bonds is 6. The predicted molar refractivity (Wildman–Crippen MR) is 97.6 cm³/mol. The lowest BCUT2D eigenvalue weighted by molar-refractivity contribution is -0.116. The van der Waals surface area contributed by atoms with Crippen LogP contribution in [0, 0.1) is 6.92 Å². The van der Waals surface area contributed by atoms with E-state index in [1.807, 2.05) is 61.5 Å². The fraction of sp³-hybridized carbons (Fsp3) is 0.150. The van der Waals surface area contributed by atoms with Crippen molar-refractivity contribution in [1.29, 1.82) is 0 Å². The molecule has 126 valence electrons. The van der Waals surface area contributed by atoms with Gasteiger partial charge in [0.05, 0.1) is 6.54 Å². The predicted octanol–water partition coefficient (Wildman–Crippen LogP) is 2.96. The van der Waals surface area contributed by atoms with Crippen molar-refractivity contribution >= 4 is 12.0 Å². The third kappa shape index (κ3) is 5.14. The summed E-state index contributed by atoms with van der Waals surface area (Å²) < 4.78 is 1.77. The first-order valence-corrected chi connectivity index (χ1v) is 8.12. The number of carbonyl (C=O) groups excluding carboxylic acids is 1. The highest BCUT2D eigenvalue weighted by Crippen LogP contribution is 2.07. The van der Waals surface area contributed by atoms with E-state index in [1.165, 1.54) is 11.9 Å². The van der Waals surface area contributed by atoms with Gasteiger partial charge in [-0.15, -0.1) is 0 Å². The van der Waals surface area contributed by atoms with Crippen LogP contribution < -0.4 is 5.32 Å². The molecule has 0 aliphatic carbocycles. The van der Waals surface area contributed by atoms with Gasteiger partial charge in [0, 0.05) is 12.6 Å². The van der Waals surface area contributed by atoms with E-state index in [0.717, 1.165) is 16.7 Å². The van der Waals surface area contributed by atoms with Crippen LogP contribution in [0.2, 0.25) is 0 Å². The van der Waals surface area contributed by atoms with E-state index in [4.69, 9.17) is 0 Å². The lowest BCUT2D eigenvalue weighted by Gasteiger charge is -2.05. The van der Waals surface area contributed by atoms with Gasteiger partial charge in [-0.2, -0.15) is 5.10 Å². The fourth-order valence-corrected chi connectivity index (χ4v) is 2.36. The molecule has 1 N–H and O–H groups in total. The lowest BCUT2D eigenvalue weighted by atomic mass is 10.1. The fourth-order valence-electron chi connectivity index (χ4n) is 2.36. The zero-order valence-corrected chi connectivity index (χ0v) is 14.1. The summed E-state index contributed by atoms with van der Waals surface area (Å²) in [5.74, 6) is -0.104. The molecule has 1 amide bonds. The summed E-state index contributed by atoms with van der Waals surface area (Å²) in [5.41, 5.74) is 4.41. The number of amides is 1. The highest BCUT2D eigenvalue weighted by molar-refractivity contribution is 5.91. The average Bonchev–Trinajstić information content (AvgIpc) is 3.14. The summed E-state index contributed by atoms with van der Waals surface area (Å²) in [4.78, 5) is 15.8. The number of aromatic nitrogens is 3. The second-order valence-electron chi connectivity index (χ2n) is 5.87. The van der Waals surface area contributed by atoms with Crippen molar-refractivity contribution in [3.8, 4) is 0 Å². The summed E-state index contributed by atoms with van der Waals surface area (Å²) in [6, 6.07) is 16.1. The Labute approximate surface area is 147 Å². The molecule has 0 radical (unpaired) electrons. The summed E-state index contributed by atoms with van der Waals surface area (Å²) >= 11 is 0. The number of aryl methyl sites for hydroxylation is 1. The summed E-state index contributed by atoms with van der Waals surface area (Å²) in [7, 11) is 0. The highest BCUT2D eigenvalue weighted by Gasteiger charge is 1.99. The largest absolute Gasteiger partial charge is 0.348 e. The van der Waals surface area contributed by atoms with Crippen LogP contribution in [0.3, 0.4) is 0 Å². The quantitative estimate of drug-likeness (QED) is 0.706. The Morgan fingerprint density at radius 3 is 2.48 bits per heavy atom. The highest BCUT2D eigenvalue weighted by atomic mass is 16.1. The van der Waals surface area contributed by atoms with E-state index in [-0.39, 0.29) is 5.91 Å². The van der Waals surface area contributed by atoms with Gasteiger partial charge in [0.25, 0.3) is 0 Å². The number of carbonyl (C=O) groups is 1. The van der Waals surface area contributed by atoms with E-state index >= 15 is 0 Å². The van der Waals surface area contributed by atoms with Gasteiger partial charge in [-0.05, 0) is 29.7 Å². The van der Waals surface area contributed by atoms with Crippen molar-refractivity contribution < 1.29 is 4.79 Å². The number of hydrogen-bond acceptors (Lipinski definition) is 3.